The SMILES string of the molecule is CC(C)[C@H](NC(=O)CCCCCN1C(=O)C=CC1=O)C(=O)C[C@@H](CCCNC(N)=O)C(=O)Nc1ccc(COC(=O)N2CC(C(C)(C)C)C2)cc1. The Morgan fingerprint density at radius 1 is 0.941 bits per heavy atom. The van der Waals surface area contributed by atoms with Gasteiger partial charge in [0.1, 0.15) is 6.61 Å². The second kappa shape index (κ2) is 19.0. The highest BCUT2D eigenvalue weighted by atomic mass is 16.6. The monoisotopic (exact) mass is 710 g/mol. The van der Waals surface area contributed by atoms with Crippen LogP contribution in [-0.4, -0.2) is 83.6 Å². The third kappa shape index (κ3) is 13.1. The Morgan fingerprint density at radius 3 is 2.18 bits per heavy atom. The Morgan fingerprint density at radius 2 is 1.59 bits per heavy atom. The van der Waals surface area contributed by atoms with Crippen LogP contribution in [0.2, 0.25) is 0 Å². The first-order valence-electron chi connectivity index (χ1n) is 17.8. The van der Waals surface area contributed by atoms with Crippen LogP contribution in [0.3, 0.4) is 0 Å². The normalized spacial score (nSPS) is 15.7. The number of anilines is 1. The van der Waals surface area contributed by atoms with Gasteiger partial charge in [-0.3, -0.25) is 28.9 Å². The number of unbranched alkanes of at least 4 members (excludes halogenated alkanes) is 2. The smallest absolute Gasteiger partial charge is 0.410 e. The number of nitrogens with zero attached hydrogens (tertiary/aromatic N) is 2. The van der Waals surface area contributed by atoms with Crippen molar-refractivity contribution in [1.29, 1.82) is 0 Å². The standard InChI is InChI=1S/C37H54N6O8/c1-24(2)33(41-30(45)11-7-6-8-19-43-31(46)16-17-32(43)47)29(44)20-26(10-9-18-39-35(38)49)34(48)40-28-14-12-25(13-15-28)23-51-36(50)42-21-27(22-42)37(3,4)5/h12-17,24,26-27,33H,6-11,18-23H2,1-5H3,(H,40,48)(H,41,45)(H3,38,39,49)/t26-,33+/m1/s1. The van der Waals surface area contributed by atoms with E-state index in [1.165, 1.54) is 12.2 Å². The molecule has 2 atom stereocenters. The van der Waals surface area contributed by atoms with E-state index in [0.717, 1.165) is 10.5 Å². The molecule has 1 fully saturated rings. The van der Waals surface area contributed by atoms with Gasteiger partial charge in [0.25, 0.3) is 11.8 Å². The fourth-order valence-electron chi connectivity index (χ4n) is 5.84. The lowest BCUT2D eigenvalue weighted by Gasteiger charge is -2.45. The van der Waals surface area contributed by atoms with Gasteiger partial charge in [-0.1, -0.05) is 53.2 Å². The maximum Gasteiger partial charge on any atom is 0.410 e. The maximum absolute atomic E-state index is 13.5. The number of ether oxygens (including phenoxy) is 1. The molecular formula is C37H54N6O8. The molecule has 14 heteroatoms. The third-order valence-electron chi connectivity index (χ3n) is 9.31. The first-order valence-corrected chi connectivity index (χ1v) is 17.8. The highest BCUT2D eigenvalue weighted by molar-refractivity contribution is 6.12. The van der Waals surface area contributed by atoms with Gasteiger partial charge in [-0.2, -0.15) is 0 Å². The number of carbonyl (C=O) groups is 7. The van der Waals surface area contributed by atoms with Gasteiger partial charge in [0.15, 0.2) is 5.78 Å². The summed E-state index contributed by atoms with van der Waals surface area (Å²) in [6, 6.07) is 5.40. The van der Waals surface area contributed by atoms with Crippen molar-refractivity contribution < 1.29 is 38.3 Å². The van der Waals surface area contributed by atoms with Gasteiger partial charge in [-0.15, -0.1) is 0 Å². The van der Waals surface area contributed by atoms with Crippen molar-refractivity contribution in [3.63, 3.8) is 0 Å². The van der Waals surface area contributed by atoms with Gasteiger partial charge in [0.05, 0.1) is 6.04 Å². The number of urea groups is 1. The molecule has 280 valence electrons. The molecule has 1 saturated heterocycles. The number of amides is 7. The average Bonchev–Trinajstić information content (AvgIpc) is 3.35. The summed E-state index contributed by atoms with van der Waals surface area (Å²) in [6.07, 6.45) is 4.55. The predicted octanol–water partition coefficient (Wildman–Crippen LogP) is 3.89. The molecule has 0 aliphatic carbocycles. The van der Waals surface area contributed by atoms with Crippen LogP contribution < -0.4 is 21.7 Å². The predicted molar refractivity (Wildman–Crippen MR) is 191 cm³/mol. The summed E-state index contributed by atoms with van der Waals surface area (Å²) in [5.74, 6) is -2.17. The van der Waals surface area contributed by atoms with Crippen molar-refractivity contribution in [2.45, 2.75) is 92.2 Å². The summed E-state index contributed by atoms with van der Waals surface area (Å²) < 4.78 is 5.46. The molecule has 3 rings (SSSR count). The van der Waals surface area contributed by atoms with Crippen LogP contribution in [0.4, 0.5) is 15.3 Å². The van der Waals surface area contributed by atoms with Gasteiger partial charge >= 0.3 is 12.1 Å². The zero-order valence-electron chi connectivity index (χ0n) is 30.5. The Balaban J connectivity index is 1.51. The lowest BCUT2D eigenvalue weighted by molar-refractivity contribution is -0.137. The van der Waals surface area contributed by atoms with Crippen LogP contribution in [0.1, 0.15) is 85.1 Å². The summed E-state index contributed by atoms with van der Waals surface area (Å²) in [5.41, 5.74) is 6.56. The Kier molecular flexibility index (Phi) is 15.2. The molecule has 1 aromatic rings. The number of Topliss-reactive ketones (excluding diaryl/α,β-unsaturated/α-hetero) is 1. The van der Waals surface area contributed by atoms with E-state index in [9.17, 15) is 33.6 Å². The van der Waals surface area contributed by atoms with E-state index in [4.69, 9.17) is 10.5 Å². The number of nitrogens with two attached hydrogens (primary N) is 1. The highest BCUT2D eigenvalue weighted by Crippen LogP contribution is 2.33. The molecule has 0 bridgehead atoms. The molecular weight excluding hydrogens is 656 g/mol. The number of benzene rings is 1. The van der Waals surface area contributed by atoms with Crippen LogP contribution in [0, 0.1) is 23.2 Å². The summed E-state index contributed by atoms with van der Waals surface area (Å²) in [6.45, 7) is 12.1. The molecule has 5 N–H and O–H groups in total. The molecule has 0 unspecified atom stereocenters. The van der Waals surface area contributed by atoms with Crippen molar-refractivity contribution >= 4 is 47.2 Å². The third-order valence-corrected chi connectivity index (χ3v) is 9.31. The highest BCUT2D eigenvalue weighted by Gasteiger charge is 2.39. The first kappa shape index (κ1) is 40.7. The van der Waals surface area contributed by atoms with E-state index in [1.54, 1.807) is 29.2 Å². The number of rotatable bonds is 19. The van der Waals surface area contributed by atoms with Crippen molar-refractivity contribution in [3.8, 4) is 0 Å². The minimum atomic E-state index is -0.805. The molecule has 2 aliphatic rings. The van der Waals surface area contributed by atoms with Crippen LogP contribution in [0.25, 0.3) is 0 Å². The molecule has 51 heavy (non-hydrogen) atoms. The quantitative estimate of drug-likeness (QED) is 0.123. The summed E-state index contributed by atoms with van der Waals surface area (Å²) in [4.78, 5) is 89.5. The molecule has 14 nitrogen and oxygen atoms in total. The zero-order valence-corrected chi connectivity index (χ0v) is 30.5. The number of imide groups is 1. The molecule has 0 saturated carbocycles. The molecule has 2 aliphatic heterocycles. The second-order valence-electron chi connectivity index (χ2n) is 14.8. The van der Waals surface area contributed by atoms with Gasteiger partial charge < -0.3 is 31.3 Å². The largest absolute Gasteiger partial charge is 0.445 e. The van der Waals surface area contributed by atoms with Crippen LogP contribution >= 0.6 is 0 Å². The van der Waals surface area contributed by atoms with Crippen molar-refractivity contribution in [2.24, 2.45) is 28.9 Å². The molecule has 0 aromatic heterocycles. The molecule has 0 radical (unpaired) electrons. The number of hydrogen-bond donors (Lipinski definition) is 4. The summed E-state index contributed by atoms with van der Waals surface area (Å²) in [5, 5.41) is 8.18. The van der Waals surface area contributed by atoms with E-state index in [-0.39, 0.29) is 85.8 Å². The van der Waals surface area contributed by atoms with Crippen molar-refractivity contribution in [2.75, 3.05) is 31.5 Å². The molecule has 1 aromatic carbocycles. The van der Waals surface area contributed by atoms with Crippen molar-refractivity contribution in [1.82, 2.24) is 20.4 Å². The Bertz CT molecular complexity index is 1430. The second-order valence-corrected chi connectivity index (χ2v) is 14.8. The van der Waals surface area contributed by atoms with Gasteiger partial charge in [0, 0.05) is 62.8 Å². The first-order chi connectivity index (χ1) is 24.0. The minimum absolute atomic E-state index is 0.0916. The van der Waals surface area contributed by atoms with Gasteiger partial charge in [-0.25, -0.2) is 9.59 Å². The molecule has 2 heterocycles. The van der Waals surface area contributed by atoms with E-state index < -0.39 is 18.0 Å². The number of hydrogen-bond acceptors (Lipinski definition) is 8. The van der Waals surface area contributed by atoms with E-state index in [1.807, 2.05) is 13.8 Å². The number of nitrogens with one attached hydrogen (secondary N) is 3. The van der Waals surface area contributed by atoms with E-state index >= 15 is 0 Å². The topological polar surface area (TPSA) is 197 Å². The van der Waals surface area contributed by atoms with Crippen LogP contribution in [0.15, 0.2) is 36.4 Å². The van der Waals surface area contributed by atoms with Crippen LogP contribution in [-0.2, 0) is 35.3 Å². The molecule has 7 amide bonds. The lowest BCUT2D eigenvalue weighted by atomic mass is 9.76. The number of likely N-dealkylation sites (tertiary alicyclic amines) is 1. The van der Waals surface area contributed by atoms with Crippen LogP contribution in [0.5, 0.6) is 0 Å². The van der Waals surface area contributed by atoms with Gasteiger partial charge in [-0.05, 0) is 60.6 Å². The fraction of sp³-hybridized carbons (Fsp3) is 0.595. The molecule has 0 spiro atoms. The van der Waals surface area contributed by atoms with Gasteiger partial charge in [0.2, 0.25) is 11.8 Å². The minimum Gasteiger partial charge on any atom is -0.445 e. The number of ketones is 1. The van der Waals surface area contributed by atoms with E-state index in [0.29, 0.717) is 50.4 Å². The zero-order chi connectivity index (χ0) is 37.7. The lowest BCUT2D eigenvalue weighted by Crippen LogP contribution is -2.54. The Labute approximate surface area is 300 Å². The van der Waals surface area contributed by atoms with Crippen molar-refractivity contribution in [3.05, 3.63) is 42.0 Å². The number of primary amides is 1. The maximum atomic E-state index is 13.5. The summed E-state index contributed by atoms with van der Waals surface area (Å²) in [7, 11) is 0. The Hall–Kier alpha value is -4.75. The fourth-order valence-corrected chi connectivity index (χ4v) is 5.84. The number of carbonyl (C=O) groups excluding carboxylic acids is 7. The van der Waals surface area contributed by atoms with E-state index in [2.05, 4.69) is 36.7 Å². The summed E-state index contributed by atoms with van der Waals surface area (Å²) >= 11 is 0. The average molecular weight is 711 g/mol.